The smallest absolute Gasteiger partial charge is 0.265 e. The zero-order valence-corrected chi connectivity index (χ0v) is 18.0. The number of ether oxygens (including phenoxy) is 2. The second-order valence-electron chi connectivity index (χ2n) is 7.23. The normalized spacial score (nSPS) is 12.7. The van der Waals surface area contributed by atoms with Crippen LogP contribution in [0.5, 0.6) is 11.5 Å². The van der Waals surface area contributed by atoms with Gasteiger partial charge in [-0.25, -0.2) is 4.39 Å². The summed E-state index contributed by atoms with van der Waals surface area (Å²) in [6.07, 6.45) is 0. The molecule has 3 aromatic rings. The molecule has 0 atom stereocenters. The maximum absolute atomic E-state index is 14.0. The maximum Gasteiger partial charge on any atom is 0.265 e. The Balaban J connectivity index is 1.47. The molecule has 1 aliphatic rings. The average molecular weight is 455 g/mol. The molecule has 8 heteroatoms. The average Bonchev–Trinajstić information content (AvgIpc) is 2.75. The third-order valence-electron chi connectivity index (χ3n) is 4.92. The van der Waals surface area contributed by atoms with Crippen molar-refractivity contribution in [3.63, 3.8) is 0 Å². The summed E-state index contributed by atoms with van der Waals surface area (Å²) in [7, 11) is 0. The molecule has 3 aromatic carbocycles. The van der Waals surface area contributed by atoms with E-state index in [0.29, 0.717) is 30.3 Å². The van der Waals surface area contributed by atoms with Gasteiger partial charge in [-0.3, -0.25) is 9.59 Å². The molecule has 0 aromatic heterocycles. The number of hydrogen-bond donors (Lipinski definition) is 1. The van der Waals surface area contributed by atoms with Gasteiger partial charge >= 0.3 is 0 Å². The Morgan fingerprint density at radius 1 is 1.19 bits per heavy atom. The van der Waals surface area contributed by atoms with Crippen molar-refractivity contribution < 1.29 is 23.5 Å². The lowest BCUT2D eigenvalue weighted by molar-refractivity contribution is -0.121. The Labute approximate surface area is 189 Å². The van der Waals surface area contributed by atoms with E-state index in [0.717, 1.165) is 11.3 Å². The van der Waals surface area contributed by atoms with Crippen molar-refractivity contribution in [2.75, 3.05) is 30.0 Å². The number of rotatable bonds is 6. The van der Waals surface area contributed by atoms with Crippen molar-refractivity contribution in [2.45, 2.75) is 6.92 Å². The van der Waals surface area contributed by atoms with Crippen LogP contribution in [0.25, 0.3) is 0 Å². The van der Waals surface area contributed by atoms with E-state index in [1.54, 1.807) is 23.1 Å². The monoisotopic (exact) mass is 454 g/mol. The zero-order chi connectivity index (χ0) is 22.7. The highest BCUT2D eigenvalue weighted by molar-refractivity contribution is 6.34. The molecule has 0 saturated carbocycles. The number of halogens is 2. The van der Waals surface area contributed by atoms with Gasteiger partial charge in [0.05, 0.1) is 22.8 Å². The fourth-order valence-corrected chi connectivity index (χ4v) is 3.64. The van der Waals surface area contributed by atoms with E-state index in [2.05, 4.69) is 5.32 Å². The predicted molar refractivity (Wildman–Crippen MR) is 120 cm³/mol. The Morgan fingerprint density at radius 3 is 2.78 bits per heavy atom. The van der Waals surface area contributed by atoms with Crippen molar-refractivity contribution in [2.24, 2.45) is 0 Å². The van der Waals surface area contributed by atoms with Crippen molar-refractivity contribution in [3.05, 3.63) is 82.6 Å². The fraction of sp³-hybridized carbons (Fsp3) is 0.167. The van der Waals surface area contributed by atoms with E-state index >= 15 is 0 Å². The summed E-state index contributed by atoms with van der Waals surface area (Å²) in [5.74, 6) is -0.424. The van der Waals surface area contributed by atoms with Crippen LogP contribution in [0.4, 0.5) is 15.8 Å². The Morgan fingerprint density at radius 2 is 2.00 bits per heavy atom. The molecular weight excluding hydrogens is 435 g/mol. The minimum Gasteiger partial charge on any atom is -0.492 e. The molecule has 0 spiro atoms. The van der Waals surface area contributed by atoms with E-state index in [1.165, 1.54) is 18.2 Å². The molecule has 2 amide bonds. The van der Waals surface area contributed by atoms with Gasteiger partial charge in [-0.05, 0) is 48.9 Å². The van der Waals surface area contributed by atoms with E-state index in [1.807, 2.05) is 31.2 Å². The van der Waals surface area contributed by atoms with Gasteiger partial charge in [-0.1, -0.05) is 29.8 Å². The second kappa shape index (κ2) is 9.28. The van der Waals surface area contributed by atoms with E-state index in [-0.39, 0.29) is 23.1 Å². The van der Waals surface area contributed by atoms with Crippen molar-refractivity contribution >= 4 is 34.8 Å². The molecule has 0 fully saturated rings. The molecule has 1 aliphatic heterocycles. The van der Waals surface area contributed by atoms with Crippen LogP contribution in [0.15, 0.2) is 60.7 Å². The van der Waals surface area contributed by atoms with Crippen molar-refractivity contribution in [1.82, 2.24) is 0 Å². The lowest BCUT2D eigenvalue weighted by atomic mass is 10.1. The Bertz CT molecular complexity index is 1160. The molecule has 0 aliphatic carbocycles. The molecule has 0 radical (unpaired) electrons. The highest BCUT2D eigenvalue weighted by Crippen LogP contribution is 2.35. The number of aryl methyl sites for hydroxylation is 1. The van der Waals surface area contributed by atoms with Crippen LogP contribution in [-0.2, 0) is 4.79 Å². The topological polar surface area (TPSA) is 67.9 Å². The third kappa shape index (κ3) is 4.68. The van der Waals surface area contributed by atoms with E-state index in [9.17, 15) is 14.0 Å². The maximum atomic E-state index is 14.0. The molecule has 164 valence electrons. The molecule has 1 heterocycles. The van der Waals surface area contributed by atoms with Crippen LogP contribution in [0.3, 0.4) is 0 Å². The molecule has 1 N–H and O–H groups in total. The molecule has 0 bridgehead atoms. The van der Waals surface area contributed by atoms with Gasteiger partial charge in [0, 0.05) is 11.8 Å². The third-order valence-corrected chi connectivity index (χ3v) is 5.24. The first-order chi connectivity index (χ1) is 15.4. The first-order valence-electron chi connectivity index (χ1n) is 9.94. The molecule has 6 nitrogen and oxygen atoms in total. The summed E-state index contributed by atoms with van der Waals surface area (Å²) < 4.78 is 25.3. The lowest BCUT2D eigenvalue weighted by Gasteiger charge is -2.29. The van der Waals surface area contributed by atoms with E-state index in [4.69, 9.17) is 21.1 Å². The number of amides is 2. The van der Waals surface area contributed by atoms with Crippen LogP contribution in [-0.4, -0.2) is 31.6 Å². The Hall–Kier alpha value is -3.58. The van der Waals surface area contributed by atoms with Gasteiger partial charge < -0.3 is 19.7 Å². The van der Waals surface area contributed by atoms with Gasteiger partial charge in [-0.15, -0.1) is 0 Å². The van der Waals surface area contributed by atoms with Crippen molar-refractivity contribution in [1.29, 1.82) is 0 Å². The lowest BCUT2D eigenvalue weighted by Crippen LogP contribution is -2.41. The SMILES string of the molecule is Cc1cccc(OCCN2C(=O)COc3cc(NC(=O)c4c(F)cccc4Cl)ccc32)c1. The Kier molecular flexibility index (Phi) is 6.28. The first-order valence-corrected chi connectivity index (χ1v) is 10.3. The number of anilines is 2. The van der Waals surface area contributed by atoms with Crippen LogP contribution in [0.2, 0.25) is 5.02 Å². The summed E-state index contributed by atoms with van der Waals surface area (Å²) >= 11 is 5.96. The zero-order valence-electron chi connectivity index (χ0n) is 17.2. The van der Waals surface area contributed by atoms with Crippen LogP contribution >= 0.6 is 11.6 Å². The van der Waals surface area contributed by atoms with Gasteiger partial charge in [0.15, 0.2) is 6.61 Å². The summed E-state index contributed by atoms with van der Waals surface area (Å²) in [5.41, 5.74) is 1.80. The largest absolute Gasteiger partial charge is 0.492 e. The van der Waals surface area contributed by atoms with Crippen LogP contribution < -0.4 is 19.7 Å². The second-order valence-corrected chi connectivity index (χ2v) is 7.64. The number of fused-ring (bicyclic) bond motifs is 1. The number of carbonyl (C=O) groups is 2. The predicted octanol–water partition coefficient (Wildman–Crippen LogP) is 4.84. The standard InChI is InChI=1S/C24H20ClFN2O4/c1-15-4-2-5-17(12-15)31-11-10-28-20-9-8-16(13-21(20)32-14-22(28)29)27-24(30)23-18(25)6-3-7-19(23)26/h2-9,12-13H,10-11,14H2,1H3,(H,27,30). The number of benzene rings is 3. The summed E-state index contributed by atoms with van der Waals surface area (Å²) in [6.45, 7) is 2.48. The van der Waals surface area contributed by atoms with Gasteiger partial charge in [0.1, 0.15) is 23.9 Å². The number of carbonyl (C=O) groups excluding carboxylic acids is 2. The highest BCUT2D eigenvalue weighted by Gasteiger charge is 2.26. The minimum atomic E-state index is -0.713. The highest BCUT2D eigenvalue weighted by atomic mass is 35.5. The number of nitrogens with zero attached hydrogens (tertiary/aromatic N) is 1. The fourth-order valence-electron chi connectivity index (χ4n) is 3.40. The summed E-state index contributed by atoms with van der Waals surface area (Å²) in [6, 6.07) is 16.6. The van der Waals surface area contributed by atoms with Crippen LogP contribution in [0, 0.1) is 12.7 Å². The summed E-state index contributed by atoms with van der Waals surface area (Å²) in [5, 5.41) is 2.63. The molecule has 4 rings (SSSR count). The van der Waals surface area contributed by atoms with Gasteiger partial charge in [-0.2, -0.15) is 0 Å². The van der Waals surface area contributed by atoms with E-state index < -0.39 is 11.7 Å². The quantitative estimate of drug-likeness (QED) is 0.578. The molecule has 0 unspecified atom stereocenters. The summed E-state index contributed by atoms with van der Waals surface area (Å²) in [4.78, 5) is 26.5. The number of hydrogen-bond acceptors (Lipinski definition) is 4. The van der Waals surface area contributed by atoms with Crippen LogP contribution in [0.1, 0.15) is 15.9 Å². The number of nitrogens with one attached hydrogen (secondary N) is 1. The molecule has 32 heavy (non-hydrogen) atoms. The molecule has 0 saturated heterocycles. The first kappa shape index (κ1) is 21.6. The van der Waals surface area contributed by atoms with Gasteiger partial charge in [0.2, 0.25) is 0 Å². The molecular formula is C24H20ClFN2O4. The van der Waals surface area contributed by atoms with Crippen molar-refractivity contribution in [3.8, 4) is 11.5 Å². The minimum absolute atomic E-state index is 0.0158. The van der Waals surface area contributed by atoms with Gasteiger partial charge in [0.25, 0.3) is 11.8 Å².